The topological polar surface area (TPSA) is 48.0 Å². The van der Waals surface area contributed by atoms with Crippen LogP contribution in [0, 0.1) is 0 Å². The molecular weight excluding hydrogens is 276 g/mol. The molecule has 0 atom stereocenters. The van der Waals surface area contributed by atoms with Gasteiger partial charge in [-0.1, -0.05) is 42.5 Å². The third-order valence-electron chi connectivity index (χ3n) is 3.88. The van der Waals surface area contributed by atoms with Gasteiger partial charge in [-0.25, -0.2) is 4.79 Å². The number of fused-ring (bicyclic) bond motifs is 3. The first-order valence-corrected chi connectivity index (χ1v) is 7.15. The Hall–Kier alpha value is -2.88. The van der Waals surface area contributed by atoms with Gasteiger partial charge in [-0.15, -0.1) is 0 Å². The van der Waals surface area contributed by atoms with E-state index in [0.29, 0.717) is 17.4 Å². The van der Waals surface area contributed by atoms with Gasteiger partial charge >= 0.3 is 5.63 Å². The molecule has 108 valence electrons. The molecule has 0 amide bonds. The zero-order chi connectivity index (χ0) is 15.1. The molecule has 0 saturated heterocycles. The highest BCUT2D eigenvalue weighted by Gasteiger charge is 2.17. The number of hydrogen-bond acceptors (Lipinski definition) is 3. The maximum absolute atomic E-state index is 12.4. The summed E-state index contributed by atoms with van der Waals surface area (Å²) in [5.41, 5.74) is 2.97. The lowest BCUT2D eigenvalue weighted by Gasteiger charge is -2.00. The molecule has 22 heavy (non-hydrogen) atoms. The van der Waals surface area contributed by atoms with Crippen LogP contribution in [0.2, 0.25) is 0 Å². The molecule has 0 saturated carbocycles. The summed E-state index contributed by atoms with van der Waals surface area (Å²) in [6.45, 7) is 0. The molecule has 4 aromatic rings. The summed E-state index contributed by atoms with van der Waals surface area (Å²) in [7, 11) is 1.86. The molecule has 0 aliphatic carbocycles. The normalized spacial score (nSPS) is 11.3. The minimum atomic E-state index is -0.326. The zero-order valence-electron chi connectivity index (χ0n) is 12.1. The van der Waals surface area contributed by atoms with Crippen LogP contribution in [0.3, 0.4) is 0 Å². The van der Waals surface area contributed by atoms with Crippen LogP contribution in [0.1, 0.15) is 11.3 Å². The van der Waals surface area contributed by atoms with Gasteiger partial charge in [0, 0.05) is 18.9 Å². The molecule has 2 heterocycles. The summed E-state index contributed by atoms with van der Waals surface area (Å²) in [5, 5.41) is 6.04. The molecule has 4 nitrogen and oxygen atoms in total. The number of benzene rings is 2. The maximum Gasteiger partial charge on any atom is 0.347 e. The molecular formula is C18H14N2O2. The fraction of sp³-hybridized carbons (Fsp3) is 0.111. The average Bonchev–Trinajstić information content (AvgIpc) is 2.86. The molecule has 4 heteroatoms. The van der Waals surface area contributed by atoms with E-state index in [1.807, 2.05) is 55.6 Å². The smallest absolute Gasteiger partial charge is 0.347 e. The number of rotatable bonds is 2. The van der Waals surface area contributed by atoms with Crippen molar-refractivity contribution in [1.82, 2.24) is 9.78 Å². The van der Waals surface area contributed by atoms with Crippen molar-refractivity contribution >= 4 is 21.9 Å². The number of para-hydroxylation sites is 1. The summed E-state index contributed by atoms with van der Waals surface area (Å²) < 4.78 is 7.23. The third-order valence-corrected chi connectivity index (χ3v) is 3.88. The predicted octanol–water partition coefficient (Wildman–Crippen LogP) is 3.27. The van der Waals surface area contributed by atoms with Crippen LogP contribution in [0.15, 0.2) is 63.8 Å². The van der Waals surface area contributed by atoms with Gasteiger partial charge in [0.15, 0.2) is 0 Å². The van der Waals surface area contributed by atoms with Gasteiger partial charge in [0.1, 0.15) is 11.0 Å². The number of aryl methyl sites for hydroxylation is 1. The van der Waals surface area contributed by atoms with E-state index in [-0.39, 0.29) is 5.63 Å². The van der Waals surface area contributed by atoms with Crippen LogP contribution in [0.4, 0.5) is 0 Å². The van der Waals surface area contributed by atoms with E-state index in [9.17, 15) is 4.79 Å². The molecule has 0 spiro atoms. The van der Waals surface area contributed by atoms with Gasteiger partial charge in [-0.2, -0.15) is 5.10 Å². The van der Waals surface area contributed by atoms with Crippen LogP contribution in [-0.2, 0) is 13.5 Å². The molecule has 0 radical (unpaired) electrons. The van der Waals surface area contributed by atoms with Crippen LogP contribution < -0.4 is 5.63 Å². The Balaban J connectivity index is 2.02. The number of hydrogen-bond donors (Lipinski definition) is 0. The van der Waals surface area contributed by atoms with Crippen molar-refractivity contribution in [3.05, 3.63) is 76.3 Å². The highest BCUT2D eigenvalue weighted by molar-refractivity contribution is 6.03. The largest absolute Gasteiger partial charge is 0.422 e. The van der Waals surface area contributed by atoms with E-state index < -0.39 is 0 Å². The fourth-order valence-electron chi connectivity index (χ4n) is 2.92. The standard InChI is InChI=1S/C18H14N2O2/c1-20-17-13-9-5-6-10-15(13)22-18(21)16(17)14(19-20)11-12-7-3-2-4-8-12/h2-10H,11H2,1H3. The van der Waals surface area contributed by atoms with Gasteiger partial charge < -0.3 is 4.42 Å². The fourth-order valence-corrected chi connectivity index (χ4v) is 2.92. The Kier molecular flexibility index (Phi) is 2.82. The minimum absolute atomic E-state index is 0.326. The van der Waals surface area contributed by atoms with Crippen molar-refractivity contribution in [3.8, 4) is 0 Å². The third kappa shape index (κ3) is 1.92. The molecule has 0 bridgehead atoms. The van der Waals surface area contributed by atoms with Gasteiger partial charge in [-0.05, 0) is 17.7 Å². The van der Waals surface area contributed by atoms with Gasteiger partial charge in [-0.3, -0.25) is 4.68 Å². The first-order valence-electron chi connectivity index (χ1n) is 7.15. The van der Waals surface area contributed by atoms with Crippen molar-refractivity contribution in [2.24, 2.45) is 7.05 Å². The predicted molar refractivity (Wildman–Crippen MR) is 86.0 cm³/mol. The summed E-state index contributed by atoms with van der Waals surface area (Å²) in [6.07, 6.45) is 0.612. The molecule has 0 aliphatic heterocycles. The van der Waals surface area contributed by atoms with E-state index >= 15 is 0 Å². The van der Waals surface area contributed by atoms with E-state index in [1.165, 1.54) is 0 Å². The van der Waals surface area contributed by atoms with Gasteiger partial charge in [0.25, 0.3) is 0 Å². The molecule has 0 fully saturated rings. The Morgan fingerprint density at radius 2 is 1.77 bits per heavy atom. The molecule has 2 aromatic heterocycles. The summed E-state index contributed by atoms with van der Waals surface area (Å²) in [4.78, 5) is 12.4. The average molecular weight is 290 g/mol. The number of nitrogens with zero attached hydrogens (tertiary/aromatic N) is 2. The summed E-state index contributed by atoms with van der Waals surface area (Å²) in [5.74, 6) is 0. The van der Waals surface area contributed by atoms with Crippen molar-refractivity contribution in [1.29, 1.82) is 0 Å². The summed E-state index contributed by atoms with van der Waals surface area (Å²) in [6, 6.07) is 17.6. The van der Waals surface area contributed by atoms with Crippen LogP contribution >= 0.6 is 0 Å². The summed E-state index contributed by atoms with van der Waals surface area (Å²) >= 11 is 0. The van der Waals surface area contributed by atoms with E-state index in [1.54, 1.807) is 10.7 Å². The highest BCUT2D eigenvalue weighted by Crippen LogP contribution is 2.25. The van der Waals surface area contributed by atoms with Crippen molar-refractivity contribution in [2.45, 2.75) is 6.42 Å². The van der Waals surface area contributed by atoms with Crippen LogP contribution in [0.5, 0.6) is 0 Å². The molecule has 0 aliphatic rings. The van der Waals surface area contributed by atoms with E-state index in [0.717, 1.165) is 22.2 Å². The van der Waals surface area contributed by atoms with E-state index in [2.05, 4.69) is 5.10 Å². The zero-order valence-corrected chi connectivity index (χ0v) is 12.1. The van der Waals surface area contributed by atoms with Crippen molar-refractivity contribution < 1.29 is 4.42 Å². The second-order valence-electron chi connectivity index (χ2n) is 5.34. The Bertz CT molecular complexity index is 1030. The SMILES string of the molecule is Cn1nc(Cc2ccccc2)c2c(=O)oc3ccccc3c21. The minimum Gasteiger partial charge on any atom is -0.422 e. The maximum atomic E-state index is 12.4. The molecule has 4 rings (SSSR count). The lowest BCUT2D eigenvalue weighted by atomic mass is 10.1. The Labute approximate surface area is 126 Å². The second kappa shape index (κ2) is 4.84. The molecule has 2 aromatic carbocycles. The van der Waals surface area contributed by atoms with E-state index in [4.69, 9.17) is 4.42 Å². The first-order chi connectivity index (χ1) is 10.7. The molecule has 0 N–H and O–H groups in total. The number of aromatic nitrogens is 2. The van der Waals surface area contributed by atoms with Crippen LogP contribution in [-0.4, -0.2) is 9.78 Å². The van der Waals surface area contributed by atoms with Gasteiger partial charge in [0.05, 0.1) is 11.2 Å². The van der Waals surface area contributed by atoms with Crippen molar-refractivity contribution in [3.63, 3.8) is 0 Å². The lowest BCUT2D eigenvalue weighted by molar-refractivity contribution is 0.569. The Morgan fingerprint density at radius 3 is 2.59 bits per heavy atom. The lowest BCUT2D eigenvalue weighted by Crippen LogP contribution is -2.02. The molecule has 0 unspecified atom stereocenters. The van der Waals surface area contributed by atoms with Crippen LogP contribution in [0.25, 0.3) is 21.9 Å². The van der Waals surface area contributed by atoms with Crippen molar-refractivity contribution in [2.75, 3.05) is 0 Å². The second-order valence-corrected chi connectivity index (χ2v) is 5.34. The monoisotopic (exact) mass is 290 g/mol. The Morgan fingerprint density at radius 1 is 1.05 bits per heavy atom. The quantitative estimate of drug-likeness (QED) is 0.532. The van der Waals surface area contributed by atoms with Gasteiger partial charge in [0.2, 0.25) is 0 Å². The highest BCUT2D eigenvalue weighted by atomic mass is 16.4. The first kappa shape index (κ1) is 12.8.